The lowest BCUT2D eigenvalue weighted by Gasteiger charge is -2.20. The van der Waals surface area contributed by atoms with Gasteiger partial charge in [-0.15, -0.1) is 0 Å². The highest BCUT2D eigenvalue weighted by molar-refractivity contribution is 4.85. The molecule has 0 aromatic heterocycles. The molecule has 0 bridgehead atoms. The van der Waals surface area contributed by atoms with Crippen LogP contribution in [0.15, 0.2) is 0 Å². The summed E-state index contributed by atoms with van der Waals surface area (Å²) in [5, 5.41) is 12.7. The van der Waals surface area contributed by atoms with Gasteiger partial charge in [0.2, 0.25) is 0 Å². The summed E-state index contributed by atoms with van der Waals surface area (Å²) in [5.74, 6) is 0. The van der Waals surface area contributed by atoms with Crippen LogP contribution in [0.2, 0.25) is 0 Å². The minimum atomic E-state index is 0.296. The molecule has 2 aliphatic rings. The van der Waals surface area contributed by atoms with Gasteiger partial charge in [-0.25, -0.2) is 0 Å². The van der Waals surface area contributed by atoms with Gasteiger partial charge in [0.15, 0.2) is 0 Å². The Morgan fingerprint density at radius 2 is 2.00 bits per heavy atom. The molecule has 0 aromatic rings. The van der Waals surface area contributed by atoms with Crippen LogP contribution < -0.4 is 5.32 Å². The minimum Gasteiger partial charge on any atom is -0.395 e. The molecule has 1 aliphatic heterocycles. The number of hydrogen-bond donors (Lipinski definition) is 2. The van der Waals surface area contributed by atoms with E-state index in [2.05, 4.69) is 10.2 Å². The standard InChI is InChI=1S/C11H22N2O/c14-9-11(12-10-3-4-10)5-8-13-6-1-2-7-13/h10-12,14H,1-9H2. The van der Waals surface area contributed by atoms with Crippen LogP contribution in [-0.4, -0.2) is 48.3 Å². The molecule has 0 spiro atoms. The Morgan fingerprint density at radius 1 is 1.29 bits per heavy atom. The van der Waals surface area contributed by atoms with E-state index in [4.69, 9.17) is 0 Å². The number of hydrogen-bond acceptors (Lipinski definition) is 3. The zero-order valence-electron chi connectivity index (χ0n) is 8.91. The smallest absolute Gasteiger partial charge is 0.0585 e. The van der Waals surface area contributed by atoms with E-state index in [0.29, 0.717) is 18.7 Å². The van der Waals surface area contributed by atoms with Gasteiger partial charge in [0, 0.05) is 12.1 Å². The Kier molecular flexibility index (Phi) is 3.79. The van der Waals surface area contributed by atoms with Crippen molar-refractivity contribution < 1.29 is 5.11 Å². The molecule has 14 heavy (non-hydrogen) atoms. The van der Waals surface area contributed by atoms with Gasteiger partial charge in [0.1, 0.15) is 0 Å². The van der Waals surface area contributed by atoms with Crippen molar-refractivity contribution in [2.24, 2.45) is 0 Å². The Hall–Kier alpha value is -0.120. The van der Waals surface area contributed by atoms with Crippen LogP contribution in [0.5, 0.6) is 0 Å². The number of likely N-dealkylation sites (tertiary alicyclic amines) is 1. The van der Waals surface area contributed by atoms with Gasteiger partial charge in [-0.2, -0.15) is 0 Å². The summed E-state index contributed by atoms with van der Waals surface area (Å²) in [6.07, 6.45) is 6.44. The van der Waals surface area contributed by atoms with E-state index >= 15 is 0 Å². The first-order valence-corrected chi connectivity index (χ1v) is 5.98. The third kappa shape index (κ3) is 3.23. The van der Waals surface area contributed by atoms with E-state index < -0.39 is 0 Å². The maximum Gasteiger partial charge on any atom is 0.0585 e. The van der Waals surface area contributed by atoms with Gasteiger partial charge in [0.25, 0.3) is 0 Å². The van der Waals surface area contributed by atoms with Crippen LogP contribution in [0, 0.1) is 0 Å². The molecule has 3 heteroatoms. The molecule has 1 saturated heterocycles. The van der Waals surface area contributed by atoms with Crippen LogP contribution >= 0.6 is 0 Å². The van der Waals surface area contributed by atoms with Gasteiger partial charge in [-0.1, -0.05) is 0 Å². The summed E-state index contributed by atoms with van der Waals surface area (Å²) in [6, 6.07) is 1.05. The lowest BCUT2D eigenvalue weighted by atomic mass is 10.2. The third-order valence-electron chi connectivity index (χ3n) is 3.26. The van der Waals surface area contributed by atoms with Crippen molar-refractivity contribution in [2.75, 3.05) is 26.2 Å². The van der Waals surface area contributed by atoms with Crippen LogP contribution in [0.25, 0.3) is 0 Å². The number of nitrogens with zero attached hydrogens (tertiary/aromatic N) is 1. The van der Waals surface area contributed by atoms with E-state index in [9.17, 15) is 5.11 Å². The number of aliphatic hydroxyl groups excluding tert-OH is 1. The predicted molar refractivity (Wildman–Crippen MR) is 57.3 cm³/mol. The molecule has 2 N–H and O–H groups in total. The van der Waals surface area contributed by atoms with E-state index in [1.165, 1.54) is 38.8 Å². The first-order valence-electron chi connectivity index (χ1n) is 5.98. The Labute approximate surface area is 86.5 Å². The zero-order chi connectivity index (χ0) is 9.80. The van der Waals surface area contributed by atoms with Crippen LogP contribution in [0.4, 0.5) is 0 Å². The molecule has 1 aliphatic carbocycles. The molecule has 0 radical (unpaired) electrons. The molecule has 1 saturated carbocycles. The summed E-state index contributed by atoms with van der Waals surface area (Å²) in [5.41, 5.74) is 0. The first kappa shape index (κ1) is 10.4. The van der Waals surface area contributed by atoms with Crippen LogP contribution in [0.3, 0.4) is 0 Å². The Morgan fingerprint density at radius 3 is 2.57 bits per heavy atom. The molecule has 0 amide bonds. The number of rotatable bonds is 6. The average molecular weight is 198 g/mol. The summed E-state index contributed by atoms with van der Waals surface area (Å²) in [7, 11) is 0. The molecule has 0 aromatic carbocycles. The second kappa shape index (κ2) is 5.10. The van der Waals surface area contributed by atoms with Crippen molar-refractivity contribution in [3.63, 3.8) is 0 Å². The van der Waals surface area contributed by atoms with Gasteiger partial charge >= 0.3 is 0 Å². The monoisotopic (exact) mass is 198 g/mol. The molecule has 2 rings (SSSR count). The SMILES string of the molecule is OCC(CCN1CCCC1)NC1CC1. The second-order valence-electron chi connectivity index (χ2n) is 4.66. The van der Waals surface area contributed by atoms with Gasteiger partial charge < -0.3 is 15.3 Å². The minimum absolute atomic E-state index is 0.296. The topological polar surface area (TPSA) is 35.5 Å². The van der Waals surface area contributed by atoms with Crippen molar-refractivity contribution in [1.82, 2.24) is 10.2 Å². The largest absolute Gasteiger partial charge is 0.395 e. The number of aliphatic hydroxyl groups is 1. The lowest BCUT2D eigenvalue weighted by molar-refractivity contribution is 0.216. The molecule has 82 valence electrons. The van der Waals surface area contributed by atoms with Gasteiger partial charge in [0.05, 0.1) is 6.61 Å². The summed E-state index contributed by atoms with van der Waals surface area (Å²) >= 11 is 0. The fourth-order valence-electron chi connectivity index (χ4n) is 2.16. The van der Waals surface area contributed by atoms with E-state index in [0.717, 1.165) is 13.0 Å². The van der Waals surface area contributed by atoms with Crippen LogP contribution in [-0.2, 0) is 0 Å². The van der Waals surface area contributed by atoms with Crippen molar-refractivity contribution in [2.45, 2.75) is 44.2 Å². The fourth-order valence-corrected chi connectivity index (χ4v) is 2.16. The average Bonchev–Trinajstić information content (AvgIpc) is 2.86. The molecule has 2 fully saturated rings. The second-order valence-corrected chi connectivity index (χ2v) is 4.66. The van der Waals surface area contributed by atoms with Gasteiger partial charge in [-0.3, -0.25) is 0 Å². The maximum absolute atomic E-state index is 9.20. The molecule has 1 unspecified atom stereocenters. The molecule has 3 nitrogen and oxygen atoms in total. The van der Waals surface area contributed by atoms with E-state index in [1.807, 2.05) is 0 Å². The highest BCUT2D eigenvalue weighted by Gasteiger charge is 2.24. The zero-order valence-corrected chi connectivity index (χ0v) is 8.91. The van der Waals surface area contributed by atoms with E-state index in [1.54, 1.807) is 0 Å². The van der Waals surface area contributed by atoms with Crippen molar-refractivity contribution >= 4 is 0 Å². The molecular formula is C11H22N2O. The Balaban J connectivity index is 1.60. The molecular weight excluding hydrogens is 176 g/mol. The lowest BCUT2D eigenvalue weighted by Crippen LogP contribution is -2.37. The highest BCUT2D eigenvalue weighted by atomic mass is 16.3. The number of nitrogens with one attached hydrogen (secondary N) is 1. The van der Waals surface area contributed by atoms with Crippen LogP contribution in [0.1, 0.15) is 32.1 Å². The van der Waals surface area contributed by atoms with E-state index in [-0.39, 0.29) is 0 Å². The van der Waals surface area contributed by atoms with Crippen molar-refractivity contribution in [3.05, 3.63) is 0 Å². The molecule has 1 atom stereocenters. The summed E-state index contributed by atoms with van der Waals surface area (Å²) < 4.78 is 0. The predicted octanol–water partition coefficient (Wildman–Crippen LogP) is 0.585. The molecule has 1 heterocycles. The third-order valence-corrected chi connectivity index (χ3v) is 3.26. The normalized spacial score (nSPS) is 25.5. The fraction of sp³-hybridized carbons (Fsp3) is 1.00. The van der Waals surface area contributed by atoms with Gasteiger partial charge in [-0.05, 0) is 51.7 Å². The maximum atomic E-state index is 9.20. The summed E-state index contributed by atoms with van der Waals surface area (Å²) in [4.78, 5) is 2.51. The highest BCUT2D eigenvalue weighted by Crippen LogP contribution is 2.20. The first-order chi connectivity index (χ1) is 6.88. The Bertz CT molecular complexity index is 165. The summed E-state index contributed by atoms with van der Waals surface area (Å²) in [6.45, 7) is 3.98. The van der Waals surface area contributed by atoms with Crippen molar-refractivity contribution in [1.29, 1.82) is 0 Å². The quantitative estimate of drug-likeness (QED) is 0.655. The van der Waals surface area contributed by atoms with Crippen molar-refractivity contribution in [3.8, 4) is 0 Å².